The van der Waals surface area contributed by atoms with Gasteiger partial charge in [0.1, 0.15) is 18.0 Å². The van der Waals surface area contributed by atoms with E-state index in [1.807, 2.05) is 5.92 Å². The maximum Gasteiger partial charge on any atom is 0.368 e. The van der Waals surface area contributed by atoms with Crippen molar-refractivity contribution in [1.82, 2.24) is 14.8 Å². The summed E-state index contributed by atoms with van der Waals surface area (Å²) in [5.74, 6) is 1.77. The van der Waals surface area contributed by atoms with Crippen LogP contribution >= 0.6 is 11.6 Å². The molecule has 1 fully saturated rings. The molecular weight excluding hydrogens is 295 g/mol. The number of hydrogen-bond acceptors (Lipinski definition) is 7. The molecule has 0 saturated carbocycles. The van der Waals surface area contributed by atoms with Gasteiger partial charge in [-0.25, -0.2) is 9.18 Å². The minimum absolute atomic E-state index is 0.156. The number of nitrogens with two attached hydrogens (primary N) is 1. The van der Waals surface area contributed by atoms with Gasteiger partial charge < -0.3 is 20.7 Å². The van der Waals surface area contributed by atoms with Gasteiger partial charge in [-0.2, -0.15) is 14.8 Å². The number of aliphatic hydroxyl groups excluding tert-OH is 2. The van der Waals surface area contributed by atoms with Crippen LogP contribution in [-0.4, -0.2) is 49.5 Å². The first kappa shape index (κ1) is 14.7. The number of rotatable bonds is 2. The summed E-state index contributed by atoms with van der Waals surface area (Å²) >= 11 is 5.17. The molecule has 0 spiro atoms. The number of hydrogen-bond donors (Lipinski definition) is 3. The largest absolute Gasteiger partial charge is 0.394 e. The first-order chi connectivity index (χ1) is 9.43. The summed E-state index contributed by atoms with van der Waals surface area (Å²) in [6.07, 6.45) is -3.79. The second kappa shape index (κ2) is 5.34. The molecule has 0 aliphatic carbocycles. The fraction of sp³-hybridized carbons (Fsp3) is 0.500. The molecule has 1 aliphatic rings. The van der Waals surface area contributed by atoms with E-state index in [0.29, 0.717) is 4.68 Å². The van der Waals surface area contributed by atoms with Crippen molar-refractivity contribution in [3.8, 4) is 11.3 Å². The Morgan fingerprint density at radius 2 is 2.40 bits per heavy atom. The van der Waals surface area contributed by atoms with E-state index >= 15 is 0 Å². The van der Waals surface area contributed by atoms with E-state index in [-0.39, 0.29) is 5.82 Å². The molecule has 1 saturated heterocycles. The standard InChI is InChI=1S/C10H10ClFN4O4/c11-2-1-10(12)7(18)5(4-17)20-8(10)16-9(19)15-6(13)3-14-16/h3,5,7-8,17-18H,4H2,(H2,13,15,19)/t5-,7+,8-,10?/m1/s1. The molecule has 10 heteroatoms. The molecule has 2 heterocycles. The summed E-state index contributed by atoms with van der Waals surface area (Å²) in [6.45, 7) is -0.676. The molecule has 1 aromatic rings. The number of nitrogen functional groups attached to an aromatic ring is 1. The van der Waals surface area contributed by atoms with Crippen molar-refractivity contribution in [2.45, 2.75) is 24.1 Å². The average molecular weight is 305 g/mol. The van der Waals surface area contributed by atoms with Gasteiger partial charge >= 0.3 is 5.69 Å². The van der Waals surface area contributed by atoms with Crippen LogP contribution in [-0.2, 0) is 4.74 Å². The van der Waals surface area contributed by atoms with Crippen molar-refractivity contribution < 1.29 is 19.3 Å². The molecule has 8 nitrogen and oxygen atoms in total. The second-order valence-electron chi connectivity index (χ2n) is 4.05. The first-order valence-corrected chi connectivity index (χ1v) is 5.79. The van der Waals surface area contributed by atoms with Crippen LogP contribution in [0.1, 0.15) is 6.23 Å². The number of anilines is 1. The van der Waals surface area contributed by atoms with Crippen molar-refractivity contribution in [2.24, 2.45) is 0 Å². The number of ether oxygens (including phenoxy) is 1. The van der Waals surface area contributed by atoms with Gasteiger partial charge in [0, 0.05) is 5.38 Å². The average Bonchev–Trinajstić information content (AvgIpc) is 2.63. The van der Waals surface area contributed by atoms with Gasteiger partial charge in [-0.1, -0.05) is 0 Å². The zero-order valence-electron chi connectivity index (χ0n) is 9.90. The van der Waals surface area contributed by atoms with Crippen molar-refractivity contribution in [2.75, 3.05) is 12.3 Å². The van der Waals surface area contributed by atoms with E-state index in [0.717, 1.165) is 6.20 Å². The van der Waals surface area contributed by atoms with Gasteiger partial charge in [0.05, 0.1) is 12.8 Å². The van der Waals surface area contributed by atoms with E-state index in [1.54, 1.807) is 5.38 Å². The Balaban J connectivity index is 2.52. The molecule has 0 bridgehead atoms. The second-order valence-corrected chi connectivity index (χ2v) is 4.24. The first-order valence-electron chi connectivity index (χ1n) is 5.41. The third-order valence-electron chi connectivity index (χ3n) is 2.82. The quantitative estimate of drug-likeness (QED) is 0.561. The van der Waals surface area contributed by atoms with E-state index < -0.39 is 36.4 Å². The molecule has 0 radical (unpaired) electrons. The van der Waals surface area contributed by atoms with Crippen LogP contribution in [0.25, 0.3) is 0 Å². The Bertz CT molecular complexity index is 630. The topological polar surface area (TPSA) is 123 Å². The summed E-state index contributed by atoms with van der Waals surface area (Å²) < 4.78 is 20.4. The molecule has 108 valence electrons. The van der Waals surface area contributed by atoms with Crippen molar-refractivity contribution >= 4 is 17.4 Å². The van der Waals surface area contributed by atoms with E-state index in [4.69, 9.17) is 27.2 Å². The molecule has 0 amide bonds. The van der Waals surface area contributed by atoms with E-state index in [2.05, 4.69) is 10.1 Å². The maximum absolute atomic E-state index is 14.8. The Labute approximate surface area is 116 Å². The zero-order valence-corrected chi connectivity index (χ0v) is 10.7. The predicted octanol–water partition coefficient (Wildman–Crippen LogP) is -1.62. The Kier molecular flexibility index (Phi) is 3.92. The highest BCUT2D eigenvalue weighted by atomic mass is 35.5. The van der Waals surface area contributed by atoms with Gasteiger partial charge in [0.25, 0.3) is 0 Å². The maximum atomic E-state index is 14.8. The lowest BCUT2D eigenvalue weighted by molar-refractivity contribution is -0.0610. The smallest absolute Gasteiger partial charge is 0.368 e. The fourth-order valence-corrected chi connectivity index (χ4v) is 2.01. The van der Waals surface area contributed by atoms with Crippen LogP contribution in [0.15, 0.2) is 11.0 Å². The molecular formula is C10H10ClFN4O4. The van der Waals surface area contributed by atoms with Crippen LogP contribution in [0.3, 0.4) is 0 Å². The molecule has 1 aliphatic heterocycles. The van der Waals surface area contributed by atoms with Gasteiger partial charge in [0.15, 0.2) is 0 Å². The minimum atomic E-state index is -2.72. The van der Waals surface area contributed by atoms with E-state index in [1.165, 1.54) is 0 Å². The number of aromatic nitrogens is 3. The predicted molar refractivity (Wildman–Crippen MR) is 65.2 cm³/mol. The Morgan fingerprint density at radius 3 is 2.95 bits per heavy atom. The van der Waals surface area contributed by atoms with Gasteiger partial charge in [-0.3, -0.25) is 0 Å². The normalized spacial score (nSPS) is 32.7. The summed E-state index contributed by atoms with van der Waals surface area (Å²) in [4.78, 5) is 15.0. The van der Waals surface area contributed by atoms with Crippen molar-refractivity contribution in [3.63, 3.8) is 0 Å². The van der Waals surface area contributed by atoms with Gasteiger partial charge in [-0.15, -0.1) is 0 Å². The van der Waals surface area contributed by atoms with Crippen molar-refractivity contribution in [1.29, 1.82) is 0 Å². The SMILES string of the molecule is Nc1cnn([C@@H]2O[C@H](CO)[C@H](O)C2(F)C#CCl)c(=O)n1. The number of halogens is 2. The van der Waals surface area contributed by atoms with Crippen LogP contribution in [0, 0.1) is 11.3 Å². The summed E-state index contributed by atoms with van der Waals surface area (Å²) in [6, 6.07) is 0. The molecule has 4 N–H and O–H groups in total. The number of alkyl halides is 1. The van der Waals surface area contributed by atoms with E-state index in [9.17, 15) is 14.3 Å². The van der Waals surface area contributed by atoms with Crippen LogP contribution < -0.4 is 11.4 Å². The molecule has 20 heavy (non-hydrogen) atoms. The number of aliphatic hydroxyl groups is 2. The van der Waals surface area contributed by atoms with Gasteiger partial charge in [0.2, 0.25) is 11.9 Å². The third kappa shape index (κ3) is 2.23. The lowest BCUT2D eigenvalue weighted by Crippen LogP contribution is -2.45. The molecule has 0 aromatic carbocycles. The van der Waals surface area contributed by atoms with Gasteiger partial charge in [-0.05, 0) is 17.5 Å². The fourth-order valence-electron chi connectivity index (χ4n) is 1.86. The molecule has 1 unspecified atom stereocenters. The zero-order chi connectivity index (χ0) is 14.9. The minimum Gasteiger partial charge on any atom is -0.394 e. The molecule has 2 rings (SSSR count). The molecule has 1 aromatic heterocycles. The summed E-state index contributed by atoms with van der Waals surface area (Å²) in [5, 5.41) is 24.2. The highest BCUT2D eigenvalue weighted by Crippen LogP contribution is 2.40. The highest BCUT2D eigenvalue weighted by Gasteiger charge is 2.58. The lowest BCUT2D eigenvalue weighted by Gasteiger charge is -2.22. The van der Waals surface area contributed by atoms with Crippen LogP contribution in [0.4, 0.5) is 10.2 Å². The van der Waals surface area contributed by atoms with Crippen molar-refractivity contribution in [3.05, 3.63) is 16.7 Å². The third-order valence-corrected chi connectivity index (χ3v) is 2.92. The highest BCUT2D eigenvalue weighted by molar-refractivity contribution is 6.30. The Morgan fingerprint density at radius 1 is 1.70 bits per heavy atom. The lowest BCUT2D eigenvalue weighted by atomic mass is 9.97. The summed E-state index contributed by atoms with van der Waals surface area (Å²) in [7, 11) is 0. The summed E-state index contributed by atoms with van der Waals surface area (Å²) in [5.41, 5.74) is 1.57. The number of nitrogens with zero attached hydrogens (tertiary/aromatic N) is 3. The van der Waals surface area contributed by atoms with Crippen LogP contribution in [0.2, 0.25) is 0 Å². The van der Waals surface area contributed by atoms with Crippen LogP contribution in [0.5, 0.6) is 0 Å². The molecule has 4 atom stereocenters. The monoisotopic (exact) mass is 304 g/mol. The Hall–Kier alpha value is -1.73.